The van der Waals surface area contributed by atoms with E-state index < -0.39 is 0 Å². The van der Waals surface area contributed by atoms with E-state index in [0.29, 0.717) is 17.3 Å². The molecule has 1 fully saturated rings. The molecule has 0 spiro atoms. The predicted molar refractivity (Wildman–Crippen MR) is 85.9 cm³/mol. The van der Waals surface area contributed by atoms with Crippen molar-refractivity contribution in [2.75, 3.05) is 19.0 Å². The topological polar surface area (TPSA) is 91.2 Å². The lowest BCUT2D eigenvalue weighted by molar-refractivity contribution is 0.0906. The number of hydrogen-bond acceptors (Lipinski definition) is 5. The molecular weight excluding hydrogens is 296 g/mol. The molecule has 122 valence electrons. The number of carbonyl (C=O) groups excluding carboxylic acids is 1. The highest BCUT2D eigenvalue weighted by molar-refractivity contribution is 5.95. The Morgan fingerprint density at radius 1 is 1.43 bits per heavy atom. The Labute approximate surface area is 133 Å². The molecule has 0 unspecified atom stereocenters. The predicted octanol–water partition coefficient (Wildman–Crippen LogP) is 1.41. The number of aromatic amines is 1. The van der Waals surface area contributed by atoms with Crippen LogP contribution in [0.3, 0.4) is 0 Å². The van der Waals surface area contributed by atoms with Gasteiger partial charge in [0.25, 0.3) is 11.5 Å². The lowest BCUT2D eigenvalue weighted by atomic mass is 9.78. The molecule has 1 aliphatic rings. The zero-order valence-electron chi connectivity index (χ0n) is 13.4. The first kappa shape index (κ1) is 15.3. The van der Waals surface area contributed by atoms with Gasteiger partial charge in [-0.05, 0) is 25.8 Å². The number of nitrogens with zero attached hydrogens (tertiary/aromatic N) is 2. The summed E-state index contributed by atoms with van der Waals surface area (Å²) < 4.78 is 5.14. The summed E-state index contributed by atoms with van der Waals surface area (Å²) >= 11 is 0. The average molecular weight is 316 g/mol. The number of rotatable bonds is 4. The largest absolute Gasteiger partial charge is 0.469 e. The molecule has 2 aromatic rings. The van der Waals surface area contributed by atoms with Gasteiger partial charge in [-0.3, -0.25) is 14.6 Å². The van der Waals surface area contributed by atoms with Crippen molar-refractivity contribution in [2.24, 2.45) is 0 Å². The Morgan fingerprint density at radius 2 is 2.17 bits per heavy atom. The summed E-state index contributed by atoms with van der Waals surface area (Å²) in [6, 6.07) is 3.31. The van der Waals surface area contributed by atoms with E-state index in [2.05, 4.69) is 15.3 Å². The third kappa shape index (κ3) is 3.13. The average Bonchev–Trinajstić information content (AvgIpc) is 2.87. The van der Waals surface area contributed by atoms with Gasteiger partial charge in [-0.25, -0.2) is 4.98 Å². The van der Waals surface area contributed by atoms with Gasteiger partial charge in [0.1, 0.15) is 5.76 Å². The van der Waals surface area contributed by atoms with E-state index in [9.17, 15) is 9.59 Å². The van der Waals surface area contributed by atoms with Crippen LogP contribution < -0.4 is 15.8 Å². The first-order valence-electron chi connectivity index (χ1n) is 7.57. The molecule has 3 rings (SSSR count). The Balaban J connectivity index is 1.62. The highest BCUT2D eigenvalue weighted by atomic mass is 16.3. The zero-order valence-corrected chi connectivity index (χ0v) is 13.4. The van der Waals surface area contributed by atoms with Crippen molar-refractivity contribution < 1.29 is 9.21 Å². The van der Waals surface area contributed by atoms with E-state index >= 15 is 0 Å². The summed E-state index contributed by atoms with van der Waals surface area (Å²) in [4.78, 5) is 32.8. The maximum Gasteiger partial charge on any atom is 0.255 e. The highest BCUT2D eigenvalue weighted by Crippen LogP contribution is 2.36. The molecule has 0 bridgehead atoms. The second-order valence-electron chi connectivity index (χ2n) is 6.12. The Hall–Kier alpha value is -2.57. The van der Waals surface area contributed by atoms with Gasteiger partial charge in [0, 0.05) is 32.1 Å². The lowest BCUT2D eigenvalue weighted by Gasteiger charge is -2.35. The normalized spacial score (nSPS) is 20.0. The first-order valence-corrected chi connectivity index (χ1v) is 7.57. The molecular formula is C16H20N4O3. The Morgan fingerprint density at radius 3 is 2.78 bits per heavy atom. The van der Waals surface area contributed by atoms with Crippen LogP contribution in [0.4, 0.5) is 5.95 Å². The second kappa shape index (κ2) is 5.91. The van der Waals surface area contributed by atoms with E-state index in [1.54, 1.807) is 17.9 Å². The standard InChI is InChI=1S/C16H20N4O3/c1-9-12(4-5-23-9)15(22)17-11-6-10(7-11)13-8-14(21)19-16(18-13)20(2)3/h4-5,8,10-11H,6-7H2,1-3H3,(H,17,22)(H,18,19,21). The highest BCUT2D eigenvalue weighted by Gasteiger charge is 2.33. The van der Waals surface area contributed by atoms with Gasteiger partial charge in [0.15, 0.2) is 0 Å². The van der Waals surface area contributed by atoms with Crippen LogP contribution in [0.15, 0.2) is 27.6 Å². The minimum Gasteiger partial charge on any atom is -0.469 e. The number of H-pyrrole nitrogens is 1. The number of nitrogens with one attached hydrogen (secondary N) is 2. The summed E-state index contributed by atoms with van der Waals surface area (Å²) in [6.45, 7) is 1.77. The Kier molecular flexibility index (Phi) is 3.94. The Bertz CT molecular complexity index is 772. The molecule has 2 aromatic heterocycles. The number of aromatic nitrogens is 2. The molecule has 2 heterocycles. The van der Waals surface area contributed by atoms with Crippen LogP contribution >= 0.6 is 0 Å². The summed E-state index contributed by atoms with van der Waals surface area (Å²) in [5.41, 5.74) is 1.19. The van der Waals surface area contributed by atoms with Crippen molar-refractivity contribution in [1.82, 2.24) is 15.3 Å². The molecule has 0 atom stereocenters. The lowest BCUT2D eigenvalue weighted by Crippen LogP contribution is -2.43. The molecule has 23 heavy (non-hydrogen) atoms. The quantitative estimate of drug-likeness (QED) is 0.890. The van der Waals surface area contributed by atoms with Gasteiger partial charge in [0.2, 0.25) is 5.95 Å². The van der Waals surface area contributed by atoms with Crippen LogP contribution in [0.2, 0.25) is 0 Å². The van der Waals surface area contributed by atoms with E-state index in [4.69, 9.17) is 4.42 Å². The van der Waals surface area contributed by atoms with Crippen LogP contribution in [0.25, 0.3) is 0 Å². The van der Waals surface area contributed by atoms with E-state index in [1.807, 2.05) is 14.1 Å². The van der Waals surface area contributed by atoms with E-state index in [-0.39, 0.29) is 23.4 Å². The van der Waals surface area contributed by atoms with Gasteiger partial charge in [0.05, 0.1) is 17.5 Å². The molecule has 1 amide bonds. The van der Waals surface area contributed by atoms with Gasteiger partial charge in [-0.1, -0.05) is 0 Å². The molecule has 7 nitrogen and oxygen atoms in total. The zero-order chi connectivity index (χ0) is 16.6. The molecule has 0 radical (unpaired) electrons. The fourth-order valence-corrected chi connectivity index (χ4v) is 2.74. The summed E-state index contributed by atoms with van der Waals surface area (Å²) in [7, 11) is 3.66. The number of aryl methyl sites for hydroxylation is 1. The van der Waals surface area contributed by atoms with E-state index in [0.717, 1.165) is 18.5 Å². The van der Waals surface area contributed by atoms with Gasteiger partial charge >= 0.3 is 0 Å². The van der Waals surface area contributed by atoms with Crippen molar-refractivity contribution in [2.45, 2.75) is 31.7 Å². The minimum absolute atomic E-state index is 0.102. The number of hydrogen-bond donors (Lipinski definition) is 2. The van der Waals surface area contributed by atoms with Crippen LogP contribution in [-0.2, 0) is 0 Å². The van der Waals surface area contributed by atoms with Crippen molar-refractivity contribution in [3.8, 4) is 0 Å². The summed E-state index contributed by atoms with van der Waals surface area (Å²) in [6.07, 6.45) is 3.08. The smallest absolute Gasteiger partial charge is 0.255 e. The van der Waals surface area contributed by atoms with E-state index in [1.165, 1.54) is 12.3 Å². The maximum absolute atomic E-state index is 12.1. The summed E-state index contributed by atoms with van der Waals surface area (Å²) in [5, 5.41) is 2.99. The fraction of sp³-hybridized carbons (Fsp3) is 0.438. The summed E-state index contributed by atoms with van der Waals surface area (Å²) in [5.74, 6) is 1.25. The third-order valence-electron chi connectivity index (χ3n) is 4.17. The number of anilines is 1. The van der Waals surface area contributed by atoms with Crippen molar-refractivity contribution >= 4 is 11.9 Å². The SMILES string of the molecule is Cc1occc1C(=O)NC1CC(c2cc(=O)[nH]c(N(C)C)n2)C1. The molecule has 1 saturated carbocycles. The van der Waals surface area contributed by atoms with Crippen LogP contribution in [-0.4, -0.2) is 36.0 Å². The third-order valence-corrected chi connectivity index (χ3v) is 4.17. The van der Waals surface area contributed by atoms with Crippen LogP contribution in [0.1, 0.15) is 40.6 Å². The fourth-order valence-electron chi connectivity index (χ4n) is 2.74. The molecule has 7 heteroatoms. The maximum atomic E-state index is 12.1. The molecule has 0 aliphatic heterocycles. The minimum atomic E-state index is -0.153. The number of furan rings is 1. The molecule has 1 aliphatic carbocycles. The number of amides is 1. The van der Waals surface area contributed by atoms with Crippen molar-refractivity contribution in [1.29, 1.82) is 0 Å². The molecule has 2 N–H and O–H groups in total. The number of carbonyl (C=O) groups is 1. The molecule has 0 saturated heterocycles. The van der Waals surface area contributed by atoms with Crippen LogP contribution in [0.5, 0.6) is 0 Å². The van der Waals surface area contributed by atoms with Crippen LogP contribution in [0, 0.1) is 6.92 Å². The van der Waals surface area contributed by atoms with Gasteiger partial charge in [-0.2, -0.15) is 0 Å². The monoisotopic (exact) mass is 316 g/mol. The van der Waals surface area contributed by atoms with Gasteiger partial charge in [-0.15, -0.1) is 0 Å². The van der Waals surface area contributed by atoms with Crippen molar-refractivity contribution in [3.05, 3.63) is 45.8 Å². The molecule has 0 aromatic carbocycles. The van der Waals surface area contributed by atoms with Crippen molar-refractivity contribution in [3.63, 3.8) is 0 Å². The first-order chi connectivity index (χ1) is 10.9. The van der Waals surface area contributed by atoms with Gasteiger partial charge < -0.3 is 14.6 Å². The second-order valence-corrected chi connectivity index (χ2v) is 6.12.